The fourth-order valence-corrected chi connectivity index (χ4v) is 0.986. The van der Waals surface area contributed by atoms with Crippen molar-refractivity contribution in [1.29, 1.82) is 0 Å². The Labute approximate surface area is 68.6 Å². The van der Waals surface area contributed by atoms with Crippen LogP contribution in [0.25, 0.3) is 0 Å². The second-order valence-corrected chi connectivity index (χ2v) is 2.95. The maximum atomic E-state index is 3.58. The Balaban J connectivity index is 2.91. The predicted molar refractivity (Wildman–Crippen MR) is 48.5 cm³/mol. The van der Waals surface area contributed by atoms with Crippen molar-refractivity contribution in [2.75, 3.05) is 0 Å². The average molecular weight is 145 g/mol. The average Bonchev–Trinajstić information content (AvgIpc) is 2.05. The molecule has 0 aliphatic rings. The minimum Gasteiger partial charge on any atom is -0.0906 e. The van der Waals surface area contributed by atoms with Gasteiger partial charge >= 0.3 is 0 Å². The summed E-state index contributed by atoms with van der Waals surface area (Å²) in [6, 6.07) is 8.33. The summed E-state index contributed by atoms with van der Waals surface area (Å²) in [6.07, 6.45) is 2.84. The first-order chi connectivity index (χ1) is 5.24. The second kappa shape index (κ2) is 3.38. The van der Waals surface area contributed by atoms with Gasteiger partial charge in [-0.3, -0.25) is 0 Å². The SMILES string of the molecule is C=[C]c1ccc(C(C)C)cc1. The van der Waals surface area contributed by atoms with Gasteiger partial charge in [-0.05, 0) is 23.1 Å². The van der Waals surface area contributed by atoms with E-state index >= 15 is 0 Å². The highest BCUT2D eigenvalue weighted by Gasteiger charge is 1.96. The van der Waals surface area contributed by atoms with Crippen molar-refractivity contribution in [2.24, 2.45) is 0 Å². The van der Waals surface area contributed by atoms with Crippen molar-refractivity contribution in [3.63, 3.8) is 0 Å². The van der Waals surface area contributed by atoms with Gasteiger partial charge in [-0.15, -0.1) is 0 Å². The molecule has 0 heterocycles. The third kappa shape index (κ3) is 1.94. The zero-order valence-electron chi connectivity index (χ0n) is 7.09. The zero-order chi connectivity index (χ0) is 8.27. The van der Waals surface area contributed by atoms with Gasteiger partial charge in [-0.2, -0.15) is 0 Å². The van der Waals surface area contributed by atoms with Crippen molar-refractivity contribution >= 4 is 0 Å². The molecule has 0 spiro atoms. The van der Waals surface area contributed by atoms with E-state index in [1.54, 1.807) is 0 Å². The lowest BCUT2D eigenvalue weighted by Crippen LogP contribution is -1.85. The zero-order valence-corrected chi connectivity index (χ0v) is 7.09. The Bertz CT molecular complexity index is 229. The summed E-state index contributed by atoms with van der Waals surface area (Å²) in [5, 5.41) is 0. The van der Waals surface area contributed by atoms with Crippen molar-refractivity contribution in [3.8, 4) is 0 Å². The number of rotatable bonds is 2. The minimum absolute atomic E-state index is 0.605. The molecule has 0 aromatic heterocycles. The summed E-state index contributed by atoms with van der Waals surface area (Å²) in [7, 11) is 0. The van der Waals surface area contributed by atoms with Crippen LogP contribution in [0.15, 0.2) is 30.8 Å². The maximum Gasteiger partial charge on any atom is -0.0183 e. The molecule has 1 aromatic rings. The van der Waals surface area contributed by atoms with E-state index in [2.05, 4.69) is 38.6 Å². The molecule has 1 rings (SSSR count). The highest BCUT2D eigenvalue weighted by atomic mass is 14.0. The Hall–Kier alpha value is -1.04. The molecule has 11 heavy (non-hydrogen) atoms. The summed E-state index contributed by atoms with van der Waals surface area (Å²) in [4.78, 5) is 0. The predicted octanol–water partition coefficient (Wildman–Crippen LogP) is 3.15. The normalized spacial score (nSPS) is 10.1. The molecule has 57 valence electrons. The van der Waals surface area contributed by atoms with Gasteiger partial charge in [0.05, 0.1) is 0 Å². The van der Waals surface area contributed by atoms with E-state index in [9.17, 15) is 0 Å². The summed E-state index contributed by atoms with van der Waals surface area (Å²) in [6.45, 7) is 7.95. The van der Waals surface area contributed by atoms with Crippen molar-refractivity contribution in [1.82, 2.24) is 0 Å². The lowest BCUT2D eigenvalue weighted by Gasteiger charge is -2.03. The van der Waals surface area contributed by atoms with Crippen LogP contribution in [0.1, 0.15) is 30.9 Å². The summed E-state index contributed by atoms with van der Waals surface area (Å²) in [5.41, 5.74) is 2.43. The quantitative estimate of drug-likeness (QED) is 0.599. The fraction of sp³-hybridized carbons (Fsp3) is 0.273. The third-order valence-corrected chi connectivity index (χ3v) is 1.78. The second-order valence-electron chi connectivity index (χ2n) is 2.95. The molecular weight excluding hydrogens is 132 g/mol. The van der Waals surface area contributed by atoms with Crippen LogP contribution >= 0.6 is 0 Å². The van der Waals surface area contributed by atoms with Crippen LogP contribution < -0.4 is 0 Å². The van der Waals surface area contributed by atoms with Crippen molar-refractivity contribution < 1.29 is 0 Å². The van der Waals surface area contributed by atoms with Gasteiger partial charge < -0.3 is 0 Å². The minimum atomic E-state index is 0.605. The molecule has 0 aliphatic heterocycles. The molecule has 0 aliphatic carbocycles. The van der Waals surface area contributed by atoms with Gasteiger partial charge in [0.15, 0.2) is 0 Å². The van der Waals surface area contributed by atoms with Gasteiger partial charge in [-0.1, -0.05) is 44.7 Å². The van der Waals surface area contributed by atoms with Gasteiger partial charge in [0.25, 0.3) is 0 Å². The lowest BCUT2D eigenvalue weighted by atomic mass is 10.0. The third-order valence-electron chi connectivity index (χ3n) is 1.78. The van der Waals surface area contributed by atoms with Crippen molar-refractivity contribution in [3.05, 3.63) is 48.0 Å². The monoisotopic (exact) mass is 145 g/mol. The van der Waals surface area contributed by atoms with Gasteiger partial charge in [0, 0.05) is 0 Å². The van der Waals surface area contributed by atoms with Gasteiger partial charge in [0.1, 0.15) is 0 Å². The topological polar surface area (TPSA) is 0 Å². The highest BCUT2D eigenvalue weighted by molar-refractivity contribution is 5.27. The van der Waals surface area contributed by atoms with Crippen LogP contribution in [0.3, 0.4) is 0 Å². The van der Waals surface area contributed by atoms with E-state index in [1.165, 1.54) is 5.56 Å². The molecule has 1 radical (unpaired) electrons. The van der Waals surface area contributed by atoms with Gasteiger partial charge in [0.2, 0.25) is 0 Å². The standard InChI is InChI=1S/C11H13/c1-4-10-5-7-11(8-6-10)9(2)3/h5-9H,1H2,2-3H3. The fourth-order valence-electron chi connectivity index (χ4n) is 0.986. The van der Waals surface area contributed by atoms with Crippen LogP contribution in [0.4, 0.5) is 0 Å². The van der Waals surface area contributed by atoms with Crippen LogP contribution in [0, 0.1) is 6.08 Å². The summed E-state index contributed by atoms with van der Waals surface area (Å²) >= 11 is 0. The van der Waals surface area contributed by atoms with E-state index in [1.807, 2.05) is 12.1 Å². The highest BCUT2D eigenvalue weighted by Crippen LogP contribution is 2.14. The Morgan fingerprint density at radius 3 is 2.09 bits per heavy atom. The Morgan fingerprint density at radius 1 is 1.18 bits per heavy atom. The molecule has 0 heteroatoms. The largest absolute Gasteiger partial charge is 0.0906 e. The molecule has 0 saturated heterocycles. The van der Waals surface area contributed by atoms with Crippen molar-refractivity contribution in [2.45, 2.75) is 19.8 Å². The summed E-state index contributed by atoms with van der Waals surface area (Å²) in [5.74, 6) is 0.605. The molecule has 0 saturated carbocycles. The van der Waals surface area contributed by atoms with Crippen LogP contribution in [-0.2, 0) is 0 Å². The van der Waals surface area contributed by atoms with E-state index in [0.717, 1.165) is 5.56 Å². The summed E-state index contributed by atoms with van der Waals surface area (Å²) < 4.78 is 0. The maximum absolute atomic E-state index is 3.58. The number of hydrogen-bond acceptors (Lipinski definition) is 0. The van der Waals surface area contributed by atoms with E-state index in [4.69, 9.17) is 0 Å². The van der Waals surface area contributed by atoms with E-state index in [0.29, 0.717) is 5.92 Å². The molecular formula is C11H13. The first-order valence-electron chi connectivity index (χ1n) is 3.87. The molecule has 0 nitrogen and oxygen atoms in total. The Morgan fingerprint density at radius 2 is 1.73 bits per heavy atom. The molecule has 0 amide bonds. The van der Waals surface area contributed by atoms with E-state index in [-0.39, 0.29) is 0 Å². The van der Waals surface area contributed by atoms with Crippen LogP contribution in [0.5, 0.6) is 0 Å². The molecule has 0 atom stereocenters. The molecule has 1 aromatic carbocycles. The molecule has 0 unspecified atom stereocenters. The Kier molecular flexibility index (Phi) is 2.48. The number of hydrogen-bond donors (Lipinski definition) is 0. The van der Waals surface area contributed by atoms with Gasteiger partial charge in [-0.25, -0.2) is 0 Å². The van der Waals surface area contributed by atoms with Crippen LogP contribution in [0.2, 0.25) is 0 Å². The van der Waals surface area contributed by atoms with Crippen LogP contribution in [-0.4, -0.2) is 0 Å². The lowest BCUT2D eigenvalue weighted by molar-refractivity contribution is 0.866. The first-order valence-corrected chi connectivity index (χ1v) is 3.87. The smallest absolute Gasteiger partial charge is 0.0183 e. The molecule has 0 fully saturated rings. The molecule has 0 bridgehead atoms. The first kappa shape index (κ1) is 8.06. The number of benzene rings is 1. The van der Waals surface area contributed by atoms with E-state index < -0.39 is 0 Å². The molecule has 0 N–H and O–H groups in total.